The number of para-hydroxylation sites is 1. The number of halogens is 1. The summed E-state index contributed by atoms with van der Waals surface area (Å²) in [6.07, 6.45) is 4.83. The van der Waals surface area contributed by atoms with Crippen LogP contribution in [-0.4, -0.2) is 10.5 Å². The molecular weight excluding hydrogens is 342 g/mol. The van der Waals surface area contributed by atoms with E-state index >= 15 is 0 Å². The van der Waals surface area contributed by atoms with E-state index in [1.54, 1.807) is 24.0 Å². The van der Waals surface area contributed by atoms with E-state index in [4.69, 9.17) is 22.1 Å². The first-order valence-electron chi connectivity index (χ1n) is 7.97. The molecule has 1 unspecified atom stereocenters. The summed E-state index contributed by atoms with van der Waals surface area (Å²) < 4.78 is 6.02. The van der Waals surface area contributed by atoms with Gasteiger partial charge in [-0.1, -0.05) is 54.9 Å². The number of nitrogens with zero attached hydrogens (tertiary/aromatic N) is 2. The van der Waals surface area contributed by atoms with Crippen molar-refractivity contribution in [1.82, 2.24) is 4.98 Å². The average molecular weight is 362 g/mol. The van der Waals surface area contributed by atoms with Gasteiger partial charge in [-0.05, 0) is 30.4 Å². The molecule has 0 saturated carbocycles. The predicted octanol–water partition coefficient (Wildman–Crippen LogP) is 5.35. The highest BCUT2D eigenvalue weighted by Gasteiger charge is 2.28. The lowest BCUT2D eigenvalue weighted by Gasteiger charge is -2.27. The molecule has 3 rings (SSSR count). The lowest BCUT2D eigenvalue weighted by Crippen LogP contribution is -2.36. The predicted molar refractivity (Wildman–Crippen MR) is 101 cm³/mol. The minimum atomic E-state index is -0.205. The first kappa shape index (κ1) is 17.1. The normalized spacial score (nSPS) is 17.0. The van der Waals surface area contributed by atoms with Crippen molar-refractivity contribution in [2.24, 2.45) is 5.73 Å². The van der Waals surface area contributed by atoms with Gasteiger partial charge in [0, 0.05) is 18.0 Å². The molecule has 2 N–H and O–H groups in total. The van der Waals surface area contributed by atoms with Crippen LogP contribution in [0.5, 0.6) is 11.5 Å². The molecule has 0 radical (unpaired) electrons. The van der Waals surface area contributed by atoms with E-state index in [2.05, 4.69) is 17.3 Å². The van der Waals surface area contributed by atoms with Crippen LogP contribution in [0.2, 0.25) is 5.02 Å². The summed E-state index contributed by atoms with van der Waals surface area (Å²) in [5.74, 6) is 2.04. The first-order valence-corrected chi connectivity index (χ1v) is 9.29. The van der Waals surface area contributed by atoms with E-state index in [1.807, 2.05) is 35.2 Å². The van der Waals surface area contributed by atoms with Crippen LogP contribution in [-0.2, 0) is 0 Å². The van der Waals surface area contributed by atoms with Crippen LogP contribution >= 0.6 is 23.4 Å². The summed E-state index contributed by atoms with van der Waals surface area (Å²) in [5.41, 5.74) is 7.25. The van der Waals surface area contributed by atoms with Crippen molar-refractivity contribution in [3.05, 3.63) is 58.7 Å². The number of anilines is 1. The number of hydrogen-bond donors (Lipinski definition) is 1. The Labute approximate surface area is 151 Å². The van der Waals surface area contributed by atoms with Gasteiger partial charge < -0.3 is 15.4 Å². The molecule has 1 aromatic carbocycles. The second kappa shape index (κ2) is 7.92. The number of nitrogens with two attached hydrogens (primary N) is 1. The fraction of sp³-hybridized carbons (Fsp3) is 0.278. The Morgan fingerprint density at radius 2 is 2.12 bits per heavy atom. The molecule has 1 aliphatic rings. The van der Waals surface area contributed by atoms with Crippen molar-refractivity contribution in [2.75, 3.05) is 4.90 Å². The summed E-state index contributed by atoms with van der Waals surface area (Å²) >= 11 is 7.73. The quantitative estimate of drug-likeness (QED) is 0.751. The molecule has 1 aliphatic heterocycles. The Morgan fingerprint density at radius 3 is 2.88 bits per heavy atom. The van der Waals surface area contributed by atoms with E-state index in [9.17, 15) is 0 Å². The Balaban J connectivity index is 1.93. The van der Waals surface area contributed by atoms with Gasteiger partial charge in [-0.2, -0.15) is 0 Å². The summed E-state index contributed by atoms with van der Waals surface area (Å²) in [6.45, 7) is 2.18. The van der Waals surface area contributed by atoms with Crippen LogP contribution in [0.25, 0.3) is 0 Å². The van der Waals surface area contributed by atoms with Crippen molar-refractivity contribution in [1.29, 1.82) is 0 Å². The molecule has 0 saturated heterocycles. The zero-order chi connectivity index (χ0) is 16.9. The minimum absolute atomic E-state index is 0.205. The molecule has 1 atom stereocenters. The van der Waals surface area contributed by atoms with Gasteiger partial charge in [-0.3, -0.25) is 0 Å². The van der Waals surface area contributed by atoms with Crippen LogP contribution in [0.1, 0.15) is 26.2 Å². The van der Waals surface area contributed by atoms with Crippen molar-refractivity contribution in [3.8, 4) is 11.5 Å². The third-order valence-electron chi connectivity index (χ3n) is 3.69. The van der Waals surface area contributed by atoms with E-state index in [1.165, 1.54) is 5.70 Å². The zero-order valence-electron chi connectivity index (χ0n) is 13.5. The lowest BCUT2D eigenvalue weighted by atomic mass is 10.2. The maximum Gasteiger partial charge on any atom is 0.178 e. The van der Waals surface area contributed by atoms with E-state index in [0.29, 0.717) is 16.6 Å². The van der Waals surface area contributed by atoms with Gasteiger partial charge in [0.15, 0.2) is 11.6 Å². The number of hydrogen-bond acceptors (Lipinski definition) is 5. The van der Waals surface area contributed by atoms with Crippen LogP contribution in [0, 0.1) is 0 Å². The zero-order valence-corrected chi connectivity index (χ0v) is 15.1. The second-order valence-electron chi connectivity index (χ2n) is 5.50. The molecule has 0 bridgehead atoms. The molecule has 24 heavy (non-hydrogen) atoms. The molecule has 126 valence electrons. The monoisotopic (exact) mass is 361 g/mol. The molecule has 0 amide bonds. The maximum atomic E-state index is 6.28. The van der Waals surface area contributed by atoms with Crippen molar-refractivity contribution >= 4 is 29.2 Å². The Morgan fingerprint density at radius 1 is 1.33 bits per heavy atom. The molecular formula is C18H20ClN3OS. The van der Waals surface area contributed by atoms with E-state index < -0.39 is 0 Å². The van der Waals surface area contributed by atoms with Crippen LogP contribution in [0.4, 0.5) is 5.82 Å². The fourth-order valence-corrected chi connectivity index (χ4v) is 3.54. The molecule has 4 nitrogen and oxygen atoms in total. The van der Waals surface area contributed by atoms with Crippen molar-refractivity contribution in [3.63, 3.8) is 0 Å². The van der Waals surface area contributed by atoms with Gasteiger partial charge in [-0.25, -0.2) is 4.98 Å². The molecule has 0 aliphatic carbocycles. The molecule has 0 spiro atoms. The van der Waals surface area contributed by atoms with Gasteiger partial charge in [0.05, 0.1) is 5.02 Å². The molecule has 2 heterocycles. The Bertz CT molecular complexity index is 723. The fourth-order valence-electron chi connectivity index (χ4n) is 2.51. The van der Waals surface area contributed by atoms with Crippen LogP contribution in [0.15, 0.2) is 53.7 Å². The van der Waals surface area contributed by atoms with Crippen LogP contribution in [0.3, 0.4) is 0 Å². The third-order valence-corrected chi connectivity index (χ3v) is 4.80. The van der Waals surface area contributed by atoms with Gasteiger partial charge in [-0.15, -0.1) is 0 Å². The Hall–Kier alpha value is -1.69. The average Bonchev–Trinajstić information content (AvgIpc) is 2.95. The van der Waals surface area contributed by atoms with E-state index in [0.717, 1.165) is 25.0 Å². The topological polar surface area (TPSA) is 51.4 Å². The van der Waals surface area contributed by atoms with Gasteiger partial charge >= 0.3 is 0 Å². The van der Waals surface area contributed by atoms with Crippen molar-refractivity contribution in [2.45, 2.75) is 31.7 Å². The van der Waals surface area contributed by atoms with Gasteiger partial charge in [0.2, 0.25) is 0 Å². The Kier molecular flexibility index (Phi) is 5.66. The highest BCUT2D eigenvalue weighted by molar-refractivity contribution is 8.03. The smallest absolute Gasteiger partial charge is 0.178 e. The third kappa shape index (κ3) is 3.86. The minimum Gasteiger partial charge on any atom is -0.453 e. The number of ether oxygens (including phenoxy) is 1. The standard InChI is InChI=1S/C18H20ClN3OS/c1-2-3-7-14-12-24-18(20)22(14)17-16(10-13(19)11-21-17)23-15-8-5-4-6-9-15/h4-6,8-12,18H,2-3,7,20H2,1H3. The molecule has 2 aromatic rings. The summed E-state index contributed by atoms with van der Waals surface area (Å²) in [5, 5.41) is 2.65. The first-order chi connectivity index (χ1) is 11.7. The second-order valence-corrected chi connectivity index (χ2v) is 6.93. The number of pyridine rings is 1. The van der Waals surface area contributed by atoms with Gasteiger partial charge in [0.25, 0.3) is 0 Å². The molecule has 1 aromatic heterocycles. The molecule has 6 heteroatoms. The SMILES string of the molecule is CCCCC1=CSC(N)N1c1ncc(Cl)cc1Oc1ccccc1. The summed E-state index contributed by atoms with van der Waals surface area (Å²) in [7, 11) is 0. The van der Waals surface area contributed by atoms with Gasteiger partial charge in [0.1, 0.15) is 11.2 Å². The maximum absolute atomic E-state index is 6.28. The highest BCUT2D eigenvalue weighted by Crippen LogP contribution is 2.41. The largest absolute Gasteiger partial charge is 0.453 e. The number of unbranched alkanes of at least 4 members (excludes halogenated alkanes) is 1. The summed E-state index contributed by atoms with van der Waals surface area (Å²) in [6, 6.07) is 11.4. The number of thioether (sulfide) groups is 1. The van der Waals surface area contributed by atoms with Crippen LogP contribution < -0.4 is 15.4 Å². The number of aromatic nitrogens is 1. The van der Waals surface area contributed by atoms with E-state index in [-0.39, 0.29) is 5.50 Å². The van der Waals surface area contributed by atoms with Crippen molar-refractivity contribution < 1.29 is 4.74 Å². The summed E-state index contributed by atoms with van der Waals surface area (Å²) in [4.78, 5) is 6.54. The number of benzene rings is 1. The molecule has 0 fully saturated rings. The number of allylic oxidation sites excluding steroid dienone is 1. The highest BCUT2D eigenvalue weighted by atomic mass is 35.5. The number of rotatable bonds is 6. The lowest BCUT2D eigenvalue weighted by molar-refractivity contribution is 0.479.